The number of carbonyl (C=O) groups is 1. The number of hydrogen-bond donors (Lipinski definition) is 1. The summed E-state index contributed by atoms with van der Waals surface area (Å²) in [6, 6.07) is 0.157. The van der Waals surface area contributed by atoms with Crippen LogP contribution in [-0.2, 0) is 9.53 Å². The summed E-state index contributed by atoms with van der Waals surface area (Å²) in [5, 5.41) is 0. The third kappa shape index (κ3) is 5.30. The fourth-order valence-corrected chi connectivity index (χ4v) is 0.504. The van der Waals surface area contributed by atoms with Crippen LogP contribution in [0.15, 0.2) is 0 Å². The van der Waals surface area contributed by atoms with E-state index in [0.717, 1.165) is 0 Å². The first-order valence-electron chi connectivity index (χ1n) is 3.15. The lowest BCUT2D eigenvalue weighted by molar-refractivity contribution is -0.413. The van der Waals surface area contributed by atoms with Crippen molar-refractivity contribution in [2.24, 2.45) is 0 Å². The average molecular weight is 132 g/mol. The Morgan fingerprint density at radius 1 is 1.78 bits per heavy atom. The van der Waals surface area contributed by atoms with E-state index in [2.05, 4.69) is 10.5 Å². The molecule has 0 aromatic heterocycles. The Balaban J connectivity index is 3.27. The Labute approximate surface area is 55.2 Å². The largest absolute Gasteiger partial charge is 0.466 e. The molecule has 0 spiro atoms. The highest BCUT2D eigenvalue weighted by atomic mass is 16.5. The predicted molar refractivity (Wildman–Crippen MR) is 33.6 cm³/mol. The van der Waals surface area contributed by atoms with E-state index in [1.54, 1.807) is 6.92 Å². The number of quaternary nitrogens is 1. The minimum Gasteiger partial charge on any atom is -0.466 e. The molecule has 1 unspecified atom stereocenters. The second kappa shape index (κ2) is 4.32. The van der Waals surface area contributed by atoms with Crippen molar-refractivity contribution in [3.8, 4) is 0 Å². The predicted octanol–water partition coefficient (Wildman–Crippen LogP) is -0.430. The maximum absolute atomic E-state index is 10.6. The van der Waals surface area contributed by atoms with Crippen molar-refractivity contribution in [1.29, 1.82) is 0 Å². The Morgan fingerprint density at radius 3 is 2.67 bits per heavy atom. The summed E-state index contributed by atoms with van der Waals surface area (Å²) in [6.07, 6.45) is 0.424. The van der Waals surface area contributed by atoms with Crippen LogP contribution >= 0.6 is 0 Å². The van der Waals surface area contributed by atoms with Crippen molar-refractivity contribution in [3.63, 3.8) is 0 Å². The minimum absolute atomic E-state index is 0.153. The molecule has 0 aliphatic heterocycles. The topological polar surface area (TPSA) is 53.9 Å². The molecule has 3 heteroatoms. The zero-order chi connectivity index (χ0) is 7.28. The molecule has 54 valence electrons. The molecule has 0 aromatic rings. The van der Waals surface area contributed by atoms with Crippen LogP contribution in [-0.4, -0.2) is 18.6 Å². The molecule has 0 radical (unpaired) electrons. The van der Waals surface area contributed by atoms with Gasteiger partial charge in [0, 0.05) is 0 Å². The zero-order valence-corrected chi connectivity index (χ0v) is 6.02. The normalized spacial score (nSPS) is 12.8. The van der Waals surface area contributed by atoms with Gasteiger partial charge in [-0.25, -0.2) is 0 Å². The summed E-state index contributed by atoms with van der Waals surface area (Å²) in [6.45, 7) is 4.15. The first-order valence-corrected chi connectivity index (χ1v) is 3.15. The third-order valence-electron chi connectivity index (χ3n) is 0.820. The quantitative estimate of drug-likeness (QED) is 0.530. The van der Waals surface area contributed by atoms with Crippen LogP contribution in [0.3, 0.4) is 0 Å². The number of carbonyl (C=O) groups excluding carboxylic acids is 1. The minimum atomic E-state index is -0.153. The van der Waals surface area contributed by atoms with E-state index in [0.29, 0.717) is 13.0 Å². The second-order valence-electron chi connectivity index (χ2n) is 2.11. The molecule has 0 rings (SSSR count). The molecule has 1 atom stereocenters. The summed E-state index contributed by atoms with van der Waals surface area (Å²) < 4.78 is 4.67. The smallest absolute Gasteiger partial charge is 0.311 e. The Morgan fingerprint density at radius 2 is 2.33 bits per heavy atom. The molecule has 0 aliphatic carbocycles. The maximum Gasteiger partial charge on any atom is 0.311 e. The molecule has 0 fully saturated rings. The molecule has 0 aromatic carbocycles. The van der Waals surface area contributed by atoms with E-state index < -0.39 is 0 Å². The van der Waals surface area contributed by atoms with E-state index in [1.807, 2.05) is 6.92 Å². The van der Waals surface area contributed by atoms with E-state index in [1.165, 1.54) is 0 Å². The maximum atomic E-state index is 10.6. The lowest BCUT2D eigenvalue weighted by Crippen LogP contribution is -2.59. The van der Waals surface area contributed by atoms with Crippen LogP contribution in [0, 0.1) is 0 Å². The van der Waals surface area contributed by atoms with Gasteiger partial charge in [0.25, 0.3) is 0 Å². The van der Waals surface area contributed by atoms with E-state index >= 15 is 0 Å². The van der Waals surface area contributed by atoms with Crippen LogP contribution in [0.25, 0.3) is 0 Å². The Bertz CT molecular complexity index is 91.1. The lowest BCUT2D eigenvalue weighted by Gasteiger charge is -2.00. The van der Waals surface area contributed by atoms with Crippen LogP contribution in [0.4, 0.5) is 0 Å². The SMILES string of the molecule is CCOC(=O)CC(C)[NH3+]. The fourth-order valence-electron chi connectivity index (χ4n) is 0.504. The fraction of sp³-hybridized carbons (Fsp3) is 0.833. The molecule has 0 saturated carbocycles. The second-order valence-corrected chi connectivity index (χ2v) is 2.11. The van der Waals surface area contributed by atoms with Gasteiger partial charge in [-0.15, -0.1) is 0 Å². The molecule has 0 bridgehead atoms. The van der Waals surface area contributed by atoms with Gasteiger partial charge in [0.15, 0.2) is 0 Å². The van der Waals surface area contributed by atoms with Crippen molar-refractivity contribution in [2.45, 2.75) is 26.3 Å². The molecule has 3 N–H and O–H groups in total. The highest BCUT2D eigenvalue weighted by Crippen LogP contribution is 1.87. The van der Waals surface area contributed by atoms with Gasteiger partial charge in [-0.1, -0.05) is 0 Å². The lowest BCUT2D eigenvalue weighted by atomic mass is 10.3. The van der Waals surface area contributed by atoms with E-state index in [9.17, 15) is 4.79 Å². The van der Waals surface area contributed by atoms with Gasteiger partial charge in [0.05, 0.1) is 19.1 Å². The highest BCUT2D eigenvalue weighted by Gasteiger charge is 2.06. The molecule has 0 saturated heterocycles. The van der Waals surface area contributed by atoms with Gasteiger partial charge < -0.3 is 10.5 Å². The van der Waals surface area contributed by atoms with Crippen molar-refractivity contribution in [2.75, 3.05) is 6.61 Å². The van der Waals surface area contributed by atoms with E-state index in [-0.39, 0.29) is 12.0 Å². The van der Waals surface area contributed by atoms with Crippen molar-refractivity contribution in [3.05, 3.63) is 0 Å². The van der Waals surface area contributed by atoms with Crippen LogP contribution < -0.4 is 5.73 Å². The van der Waals surface area contributed by atoms with Gasteiger partial charge in [-0.2, -0.15) is 0 Å². The number of rotatable bonds is 3. The van der Waals surface area contributed by atoms with Crippen LogP contribution in [0.1, 0.15) is 20.3 Å². The molecule has 3 nitrogen and oxygen atoms in total. The van der Waals surface area contributed by atoms with Gasteiger partial charge in [-0.3, -0.25) is 4.79 Å². The molecular formula is C6H14NO2+. The molecular weight excluding hydrogens is 118 g/mol. The van der Waals surface area contributed by atoms with Crippen molar-refractivity contribution in [1.82, 2.24) is 0 Å². The van der Waals surface area contributed by atoms with E-state index in [4.69, 9.17) is 0 Å². The van der Waals surface area contributed by atoms with Gasteiger partial charge in [0.1, 0.15) is 0 Å². The summed E-state index contributed by atoms with van der Waals surface area (Å²) in [5.74, 6) is -0.153. The van der Waals surface area contributed by atoms with Crippen LogP contribution in [0.5, 0.6) is 0 Å². The summed E-state index contributed by atoms with van der Waals surface area (Å²) in [4.78, 5) is 10.6. The first kappa shape index (κ1) is 8.43. The van der Waals surface area contributed by atoms with Gasteiger partial charge in [0.2, 0.25) is 0 Å². The van der Waals surface area contributed by atoms with Crippen LogP contribution in [0.2, 0.25) is 0 Å². The summed E-state index contributed by atoms with van der Waals surface area (Å²) in [5.41, 5.74) is 3.66. The highest BCUT2D eigenvalue weighted by molar-refractivity contribution is 5.69. The summed E-state index contributed by atoms with van der Waals surface area (Å²) >= 11 is 0. The number of ether oxygens (including phenoxy) is 1. The zero-order valence-electron chi connectivity index (χ0n) is 6.02. The van der Waals surface area contributed by atoms with Gasteiger partial charge >= 0.3 is 5.97 Å². The molecule has 9 heavy (non-hydrogen) atoms. The summed E-state index contributed by atoms with van der Waals surface area (Å²) in [7, 11) is 0. The Kier molecular flexibility index (Phi) is 4.05. The average Bonchev–Trinajstić information content (AvgIpc) is 1.63. The van der Waals surface area contributed by atoms with Crippen molar-refractivity contribution >= 4 is 5.97 Å². The molecule has 0 amide bonds. The Hall–Kier alpha value is -0.570. The number of esters is 1. The standard InChI is InChI=1S/C6H13NO2/c1-3-9-6(8)4-5(2)7/h5H,3-4,7H2,1-2H3/p+1. The molecule has 0 heterocycles. The van der Waals surface area contributed by atoms with Crippen molar-refractivity contribution < 1.29 is 15.3 Å². The first-order chi connectivity index (χ1) is 4.16. The monoisotopic (exact) mass is 132 g/mol. The van der Waals surface area contributed by atoms with Gasteiger partial charge in [-0.05, 0) is 13.8 Å². The number of hydrogen-bond acceptors (Lipinski definition) is 2. The third-order valence-corrected chi connectivity index (χ3v) is 0.820. The molecule has 0 aliphatic rings.